The second-order valence-corrected chi connectivity index (χ2v) is 9.34. The first-order chi connectivity index (χ1) is 11.7. The van der Waals surface area contributed by atoms with Crippen molar-refractivity contribution in [3.8, 4) is 0 Å². The maximum Gasteiger partial charge on any atom is 0.242 e. The van der Waals surface area contributed by atoms with E-state index in [0.717, 1.165) is 24.6 Å². The second kappa shape index (κ2) is 8.19. The zero-order chi connectivity index (χ0) is 18.6. The largest absolute Gasteiger partial charge is 0.352 e. The van der Waals surface area contributed by atoms with Crippen molar-refractivity contribution >= 4 is 16.0 Å². The van der Waals surface area contributed by atoms with Crippen molar-refractivity contribution in [2.24, 2.45) is 16.8 Å². The number of nitrogens with one attached hydrogen (secondary N) is 1. The van der Waals surface area contributed by atoms with E-state index in [1.54, 1.807) is 19.2 Å². The predicted octanol–water partition coefficient (Wildman–Crippen LogP) is 1.99. The highest BCUT2D eigenvalue weighted by molar-refractivity contribution is 7.89. The molecule has 0 radical (unpaired) electrons. The Labute approximate surface area is 152 Å². The van der Waals surface area contributed by atoms with Gasteiger partial charge in [-0.2, -0.15) is 0 Å². The standard InChI is InChI=1S/C18H30N4O2S/c1-14-10-15(2)13-22(12-14)18(19-3)20-11-16-6-8-17(9-7-16)25(23,24)21(4)5/h6-9,14-15H,10-13H2,1-5H3,(H,19,20). The van der Waals surface area contributed by atoms with Gasteiger partial charge in [0.15, 0.2) is 5.96 Å². The fraction of sp³-hybridized carbons (Fsp3) is 0.611. The van der Waals surface area contributed by atoms with Crippen molar-refractivity contribution in [2.45, 2.75) is 31.7 Å². The first kappa shape index (κ1) is 19.7. The molecule has 25 heavy (non-hydrogen) atoms. The normalized spacial score (nSPS) is 22.3. The lowest BCUT2D eigenvalue weighted by atomic mass is 9.92. The van der Waals surface area contributed by atoms with Gasteiger partial charge in [-0.05, 0) is 36.0 Å². The van der Waals surface area contributed by atoms with Crippen molar-refractivity contribution in [3.63, 3.8) is 0 Å². The maximum atomic E-state index is 12.1. The molecule has 140 valence electrons. The highest BCUT2D eigenvalue weighted by Gasteiger charge is 2.24. The number of piperidine rings is 1. The number of rotatable bonds is 4. The number of aliphatic imine (C=N–C) groups is 1. The van der Waals surface area contributed by atoms with E-state index < -0.39 is 10.0 Å². The van der Waals surface area contributed by atoms with Gasteiger partial charge in [0.05, 0.1) is 4.90 Å². The van der Waals surface area contributed by atoms with Gasteiger partial charge in [-0.3, -0.25) is 4.99 Å². The van der Waals surface area contributed by atoms with Crippen LogP contribution in [0.1, 0.15) is 25.8 Å². The third kappa shape index (κ3) is 4.95. The van der Waals surface area contributed by atoms with Gasteiger partial charge in [-0.15, -0.1) is 0 Å². The van der Waals surface area contributed by atoms with E-state index in [-0.39, 0.29) is 0 Å². The molecule has 0 spiro atoms. The third-order valence-corrected chi connectivity index (χ3v) is 6.36. The third-order valence-electron chi connectivity index (χ3n) is 4.53. The minimum atomic E-state index is -3.38. The Bertz CT molecular complexity index is 688. The molecule has 1 heterocycles. The first-order valence-electron chi connectivity index (χ1n) is 8.71. The second-order valence-electron chi connectivity index (χ2n) is 7.18. The molecule has 1 aromatic rings. The summed E-state index contributed by atoms with van der Waals surface area (Å²) >= 11 is 0. The quantitative estimate of drug-likeness (QED) is 0.654. The van der Waals surface area contributed by atoms with E-state index in [4.69, 9.17) is 0 Å². The van der Waals surface area contributed by atoms with Crippen LogP contribution in [-0.4, -0.2) is 57.8 Å². The molecule has 1 aliphatic heterocycles. The molecule has 2 unspecified atom stereocenters. The van der Waals surface area contributed by atoms with Gasteiger partial charge >= 0.3 is 0 Å². The molecule has 1 N–H and O–H groups in total. The van der Waals surface area contributed by atoms with Gasteiger partial charge in [0.2, 0.25) is 10.0 Å². The Morgan fingerprint density at radius 2 is 1.76 bits per heavy atom. The Morgan fingerprint density at radius 1 is 1.20 bits per heavy atom. The lowest BCUT2D eigenvalue weighted by Crippen LogP contribution is -2.48. The number of sulfonamides is 1. The zero-order valence-electron chi connectivity index (χ0n) is 15.9. The molecule has 0 saturated carbocycles. The molecule has 1 saturated heterocycles. The summed E-state index contributed by atoms with van der Waals surface area (Å²) in [7, 11) is 1.50. The molecular formula is C18H30N4O2S. The topological polar surface area (TPSA) is 65.0 Å². The smallest absolute Gasteiger partial charge is 0.242 e. The summed E-state index contributed by atoms with van der Waals surface area (Å²) in [6, 6.07) is 7.00. The average molecular weight is 367 g/mol. The number of likely N-dealkylation sites (tertiary alicyclic amines) is 1. The number of nitrogens with zero attached hydrogens (tertiary/aromatic N) is 3. The number of guanidine groups is 1. The molecule has 0 aromatic heterocycles. The molecule has 0 bridgehead atoms. The van der Waals surface area contributed by atoms with E-state index in [9.17, 15) is 8.42 Å². The predicted molar refractivity (Wildman–Crippen MR) is 102 cm³/mol. The minimum Gasteiger partial charge on any atom is -0.352 e. The van der Waals surface area contributed by atoms with Crippen LogP contribution in [0.25, 0.3) is 0 Å². The van der Waals surface area contributed by atoms with Crippen LogP contribution in [0.5, 0.6) is 0 Å². The van der Waals surface area contributed by atoms with Gasteiger partial charge in [0, 0.05) is 40.8 Å². The Hall–Kier alpha value is -1.60. The van der Waals surface area contributed by atoms with Gasteiger partial charge in [0.25, 0.3) is 0 Å². The molecule has 2 rings (SSSR count). The van der Waals surface area contributed by atoms with Gasteiger partial charge in [0.1, 0.15) is 0 Å². The summed E-state index contributed by atoms with van der Waals surface area (Å²) < 4.78 is 25.4. The van der Waals surface area contributed by atoms with Crippen molar-refractivity contribution in [2.75, 3.05) is 34.2 Å². The molecule has 2 atom stereocenters. The Morgan fingerprint density at radius 3 is 2.24 bits per heavy atom. The van der Waals surface area contributed by atoms with Gasteiger partial charge in [-0.1, -0.05) is 26.0 Å². The Balaban J connectivity index is 2.00. The number of hydrogen-bond acceptors (Lipinski definition) is 3. The van der Waals surface area contributed by atoms with Gasteiger partial charge < -0.3 is 10.2 Å². The number of benzene rings is 1. The van der Waals surface area contributed by atoms with E-state index in [1.165, 1.54) is 24.8 Å². The lowest BCUT2D eigenvalue weighted by molar-refractivity contribution is 0.208. The highest BCUT2D eigenvalue weighted by Crippen LogP contribution is 2.21. The van der Waals surface area contributed by atoms with Crippen molar-refractivity contribution in [1.82, 2.24) is 14.5 Å². The van der Waals surface area contributed by atoms with Crippen LogP contribution < -0.4 is 5.32 Å². The van der Waals surface area contributed by atoms with Crippen molar-refractivity contribution in [1.29, 1.82) is 0 Å². The summed E-state index contributed by atoms with van der Waals surface area (Å²) in [6.07, 6.45) is 1.26. The minimum absolute atomic E-state index is 0.310. The molecule has 7 heteroatoms. The molecule has 6 nitrogen and oxygen atoms in total. The van der Waals surface area contributed by atoms with E-state index in [0.29, 0.717) is 23.3 Å². The van der Waals surface area contributed by atoms with Crippen LogP contribution in [0.4, 0.5) is 0 Å². The molecular weight excluding hydrogens is 336 g/mol. The van der Waals surface area contributed by atoms with Crippen LogP contribution in [0.2, 0.25) is 0 Å². The summed E-state index contributed by atoms with van der Waals surface area (Å²) in [5.74, 6) is 2.24. The summed E-state index contributed by atoms with van der Waals surface area (Å²) in [6.45, 7) is 7.21. The monoisotopic (exact) mass is 366 g/mol. The first-order valence-corrected chi connectivity index (χ1v) is 10.1. The molecule has 0 amide bonds. The van der Waals surface area contributed by atoms with Gasteiger partial charge in [-0.25, -0.2) is 12.7 Å². The van der Waals surface area contributed by atoms with Crippen LogP contribution in [0.15, 0.2) is 34.2 Å². The summed E-state index contributed by atoms with van der Waals surface area (Å²) in [4.78, 5) is 7.02. The van der Waals surface area contributed by atoms with Crippen molar-refractivity contribution in [3.05, 3.63) is 29.8 Å². The zero-order valence-corrected chi connectivity index (χ0v) is 16.7. The maximum absolute atomic E-state index is 12.1. The van der Waals surface area contributed by atoms with E-state index in [1.807, 2.05) is 12.1 Å². The molecule has 1 fully saturated rings. The Kier molecular flexibility index (Phi) is 6.46. The van der Waals surface area contributed by atoms with Crippen LogP contribution >= 0.6 is 0 Å². The molecule has 1 aromatic carbocycles. The average Bonchev–Trinajstić information content (AvgIpc) is 2.55. The van der Waals surface area contributed by atoms with E-state index >= 15 is 0 Å². The van der Waals surface area contributed by atoms with Crippen LogP contribution in [0.3, 0.4) is 0 Å². The van der Waals surface area contributed by atoms with Crippen LogP contribution in [-0.2, 0) is 16.6 Å². The van der Waals surface area contributed by atoms with Crippen molar-refractivity contribution < 1.29 is 8.42 Å². The number of hydrogen-bond donors (Lipinski definition) is 1. The highest BCUT2D eigenvalue weighted by atomic mass is 32.2. The SMILES string of the molecule is CN=C(NCc1ccc(S(=O)(=O)N(C)C)cc1)N1CC(C)CC(C)C1. The molecule has 1 aliphatic rings. The fourth-order valence-electron chi connectivity index (χ4n) is 3.34. The fourth-order valence-corrected chi connectivity index (χ4v) is 4.24. The molecule has 0 aliphatic carbocycles. The summed E-state index contributed by atoms with van der Waals surface area (Å²) in [5, 5.41) is 3.39. The summed E-state index contributed by atoms with van der Waals surface area (Å²) in [5.41, 5.74) is 1.02. The van der Waals surface area contributed by atoms with E-state index in [2.05, 4.69) is 29.1 Å². The lowest BCUT2D eigenvalue weighted by Gasteiger charge is -2.37. The van der Waals surface area contributed by atoms with Crippen LogP contribution in [0, 0.1) is 11.8 Å².